The summed E-state index contributed by atoms with van der Waals surface area (Å²) in [4.78, 5) is 15.6. The van der Waals surface area contributed by atoms with E-state index in [0.29, 0.717) is 11.8 Å². The second-order valence-electron chi connectivity index (χ2n) is 5.35. The average Bonchev–Trinajstić information content (AvgIpc) is 2.52. The zero-order valence-electron chi connectivity index (χ0n) is 12.5. The van der Waals surface area contributed by atoms with Gasteiger partial charge in [-0.1, -0.05) is 6.92 Å². The van der Waals surface area contributed by atoms with Gasteiger partial charge in [0, 0.05) is 17.5 Å². The van der Waals surface area contributed by atoms with Crippen LogP contribution in [0, 0.1) is 0 Å². The molecule has 1 saturated heterocycles. The topological polar surface area (TPSA) is 52.6 Å². The SMILES string of the molecule is CCCN(C(=O)CSc1ccc(O)cc1)C1CCNCC1. The molecule has 2 N–H and O–H groups in total. The first-order chi connectivity index (χ1) is 10.2. The lowest BCUT2D eigenvalue weighted by atomic mass is 10.0. The highest BCUT2D eigenvalue weighted by molar-refractivity contribution is 8.00. The summed E-state index contributed by atoms with van der Waals surface area (Å²) in [5.41, 5.74) is 0. The fraction of sp³-hybridized carbons (Fsp3) is 0.562. The molecule has 1 aliphatic rings. The molecule has 0 radical (unpaired) electrons. The van der Waals surface area contributed by atoms with E-state index in [2.05, 4.69) is 17.1 Å². The number of phenols is 1. The lowest BCUT2D eigenvalue weighted by Gasteiger charge is -2.34. The summed E-state index contributed by atoms with van der Waals surface area (Å²) in [7, 11) is 0. The molecule has 5 heteroatoms. The smallest absolute Gasteiger partial charge is 0.233 e. The normalized spacial score (nSPS) is 15.9. The van der Waals surface area contributed by atoms with Crippen LogP contribution in [-0.4, -0.2) is 47.3 Å². The van der Waals surface area contributed by atoms with E-state index >= 15 is 0 Å². The molecular weight excluding hydrogens is 284 g/mol. The van der Waals surface area contributed by atoms with Crippen LogP contribution in [0.5, 0.6) is 5.75 Å². The molecule has 0 unspecified atom stereocenters. The Bertz CT molecular complexity index is 444. The van der Waals surface area contributed by atoms with Crippen LogP contribution in [0.2, 0.25) is 0 Å². The van der Waals surface area contributed by atoms with Crippen LogP contribution in [0.25, 0.3) is 0 Å². The fourth-order valence-corrected chi connectivity index (χ4v) is 3.43. The van der Waals surface area contributed by atoms with Crippen molar-refractivity contribution in [2.45, 2.75) is 37.1 Å². The second kappa shape index (κ2) is 8.29. The number of nitrogens with one attached hydrogen (secondary N) is 1. The minimum absolute atomic E-state index is 0.224. The molecule has 4 nitrogen and oxygen atoms in total. The lowest BCUT2D eigenvalue weighted by Crippen LogP contribution is -2.47. The van der Waals surface area contributed by atoms with Crippen LogP contribution in [0.4, 0.5) is 0 Å². The van der Waals surface area contributed by atoms with E-state index in [0.717, 1.165) is 43.8 Å². The van der Waals surface area contributed by atoms with Gasteiger partial charge in [0.15, 0.2) is 0 Å². The predicted octanol–water partition coefficient (Wildman–Crippen LogP) is 2.47. The van der Waals surface area contributed by atoms with Gasteiger partial charge in [-0.25, -0.2) is 0 Å². The summed E-state index contributed by atoms with van der Waals surface area (Å²) in [6, 6.07) is 7.40. The van der Waals surface area contributed by atoms with Gasteiger partial charge in [0.2, 0.25) is 5.91 Å². The first kappa shape index (κ1) is 16.2. The molecule has 1 heterocycles. The van der Waals surface area contributed by atoms with Crippen molar-refractivity contribution in [1.82, 2.24) is 10.2 Å². The summed E-state index contributed by atoms with van der Waals surface area (Å²) in [5, 5.41) is 12.6. The number of phenolic OH excluding ortho intramolecular Hbond substituents is 1. The number of benzene rings is 1. The largest absolute Gasteiger partial charge is 0.508 e. The maximum atomic E-state index is 12.5. The summed E-state index contributed by atoms with van der Waals surface area (Å²) in [6.45, 7) is 4.97. The number of nitrogens with zero attached hydrogens (tertiary/aromatic N) is 1. The van der Waals surface area contributed by atoms with Gasteiger partial charge in [-0.3, -0.25) is 4.79 Å². The van der Waals surface area contributed by atoms with Crippen molar-refractivity contribution >= 4 is 17.7 Å². The van der Waals surface area contributed by atoms with E-state index in [-0.39, 0.29) is 11.7 Å². The highest BCUT2D eigenvalue weighted by Crippen LogP contribution is 2.22. The standard InChI is InChI=1S/C16H24N2O2S/c1-2-11-18(13-7-9-17-10-8-13)16(20)12-21-15-5-3-14(19)4-6-15/h3-6,13,17,19H,2,7-12H2,1H3. The lowest BCUT2D eigenvalue weighted by molar-refractivity contribution is -0.131. The first-order valence-electron chi connectivity index (χ1n) is 7.62. The quantitative estimate of drug-likeness (QED) is 0.793. The van der Waals surface area contributed by atoms with Gasteiger partial charge in [0.1, 0.15) is 5.75 Å². The highest BCUT2D eigenvalue weighted by Gasteiger charge is 2.24. The van der Waals surface area contributed by atoms with E-state index in [1.165, 1.54) is 11.8 Å². The molecule has 1 aliphatic heterocycles. The number of amides is 1. The number of carbonyl (C=O) groups is 1. The molecule has 0 saturated carbocycles. The molecule has 1 fully saturated rings. The average molecular weight is 308 g/mol. The zero-order valence-corrected chi connectivity index (χ0v) is 13.4. The molecule has 21 heavy (non-hydrogen) atoms. The number of piperidine rings is 1. The predicted molar refractivity (Wildman–Crippen MR) is 86.7 cm³/mol. The van der Waals surface area contributed by atoms with Crippen molar-refractivity contribution in [3.8, 4) is 5.75 Å². The van der Waals surface area contributed by atoms with Gasteiger partial charge in [-0.15, -0.1) is 11.8 Å². The number of carbonyl (C=O) groups excluding carboxylic acids is 1. The number of hydrogen-bond donors (Lipinski definition) is 2. The van der Waals surface area contributed by atoms with E-state index in [1.54, 1.807) is 12.1 Å². The molecule has 0 atom stereocenters. The van der Waals surface area contributed by atoms with Crippen molar-refractivity contribution in [2.75, 3.05) is 25.4 Å². The number of hydrogen-bond acceptors (Lipinski definition) is 4. The molecule has 0 aromatic heterocycles. The van der Waals surface area contributed by atoms with Gasteiger partial charge >= 0.3 is 0 Å². The van der Waals surface area contributed by atoms with Crippen LogP contribution in [0.15, 0.2) is 29.2 Å². The summed E-state index contributed by atoms with van der Waals surface area (Å²) in [6.07, 6.45) is 3.10. The monoisotopic (exact) mass is 308 g/mol. The minimum Gasteiger partial charge on any atom is -0.508 e. The third-order valence-corrected chi connectivity index (χ3v) is 4.73. The Hall–Kier alpha value is -1.20. The molecular formula is C16H24N2O2S. The summed E-state index contributed by atoms with van der Waals surface area (Å²) < 4.78 is 0. The number of rotatable bonds is 6. The van der Waals surface area contributed by atoms with E-state index in [4.69, 9.17) is 0 Å². The van der Waals surface area contributed by atoms with Crippen LogP contribution >= 0.6 is 11.8 Å². The van der Waals surface area contributed by atoms with E-state index in [9.17, 15) is 9.90 Å². The molecule has 1 aromatic rings. The Morgan fingerprint density at radius 3 is 2.62 bits per heavy atom. The second-order valence-corrected chi connectivity index (χ2v) is 6.40. The van der Waals surface area contributed by atoms with Gasteiger partial charge in [0.25, 0.3) is 0 Å². The molecule has 1 aromatic carbocycles. The Labute approximate surface area is 130 Å². The molecule has 2 rings (SSSR count). The van der Waals surface area contributed by atoms with Crippen LogP contribution in [0.3, 0.4) is 0 Å². The van der Waals surface area contributed by atoms with Crippen LogP contribution < -0.4 is 5.32 Å². The summed E-state index contributed by atoms with van der Waals surface area (Å²) >= 11 is 1.54. The molecule has 0 spiro atoms. The molecule has 0 bridgehead atoms. The molecule has 116 valence electrons. The van der Waals surface area contributed by atoms with Crippen molar-refractivity contribution in [3.05, 3.63) is 24.3 Å². The first-order valence-corrected chi connectivity index (χ1v) is 8.61. The van der Waals surface area contributed by atoms with Crippen molar-refractivity contribution < 1.29 is 9.90 Å². The Morgan fingerprint density at radius 1 is 1.33 bits per heavy atom. The highest BCUT2D eigenvalue weighted by atomic mass is 32.2. The van der Waals surface area contributed by atoms with Gasteiger partial charge in [-0.2, -0.15) is 0 Å². The van der Waals surface area contributed by atoms with Crippen molar-refractivity contribution in [3.63, 3.8) is 0 Å². The summed E-state index contributed by atoms with van der Waals surface area (Å²) in [5.74, 6) is 0.948. The Balaban J connectivity index is 1.89. The van der Waals surface area contributed by atoms with Crippen LogP contribution in [0.1, 0.15) is 26.2 Å². The van der Waals surface area contributed by atoms with Gasteiger partial charge < -0.3 is 15.3 Å². The number of aromatic hydroxyl groups is 1. The Kier molecular flexibility index (Phi) is 6.39. The fourth-order valence-electron chi connectivity index (χ4n) is 2.64. The van der Waals surface area contributed by atoms with Gasteiger partial charge in [0.05, 0.1) is 5.75 Å². The maximum absolute atomic E-state index is 12.5. The molecule has 1 amide bonds. The van der Waals surface area contributed by atoms with Crippen molar-refractivity contribution in [1.29, 1.82) is 0 Å². The minimum atomic E-state index is 0.224. The zero-order chi connectivity index (χ0) is 15.1. The number of thioether (sulfide) groups is 1. The molecule has 0 aliphatic carbocycles. The maximum Gasteiger partial charge on any atom is 0.233 e. The van der Waals surface area contributed by atoms with Gasteiger partial charge in [-0.05, 0) is 56.6 Å². The third-order valence-electron chi connectivity index (χ3n) is 3.73. The van der Waals surface area contributed by atoms with E-state index < -0.39 is 0 Å². The van der Waals surface area contributed by atoms with Crippen molar-refractivity contribution in [2.24, 2.45) is 0 Å². The van der Waals surface area contributed by atoms with E-state index in [1.807, 2.05) is 12.1 Å². The van der Waals surface area contributed by atoms with Crippen LogP contribution in [-0.2, 0) is 4.79 Å². The third kappa shape index (κ3) is 4.93. The Morgan fingerprint density at radius 2 is 2.00 bits per heavy atom.